The van der Waals surface area contributed by atoms with Crippen molar-refractivity contribution < 1.29 is 24.6 Å². The molecule has 1 unspecified atom stereocenters. The summed E-state index contributed by atoms with van der Waals surface area (Å²) in [5.41, 5.74) is 7.62. The SMILES string of the molecule is CN(C[C@H]1CNc2nc(N)[nH]c(=O)c2N1)c1ccc(C(=O)N[C@@H](CC(C(=O)O)c2cc3ccccc3[nH]2)C(=O)O)cc1. The van der Waals surface area contributed by atoms with Crippen LogP contribution in [-0.2, 0) is 9.59 Å². The summed E-state index contributed by atoms with van der Waals surface area (Å²) in [6.45, 7) is 1.01. The number of nitrogens with zero attached hydrogens (tertiary/aromatic N) is 2. The summed E-state index contributed by atoms with van der Waals surface area (Å²) in [7, 11) is 1.86. The second-order valence-electron chi connectivity index (χ2n) is 10.1. The zero-order valence-electron chi connectivity index (χ0n) is 22.5. The Kier molecular flexibility index (Phi) is 7.69. The van der Waals surface area contributed by atoms with Crippen LogP contribution in [0.3, 0.4) is 0 Å². The number of H-pyrrole nitrogens is 2. The number of aromatic amines is 2. The highest BCUT2D eigenvalue weighted by Gasteiger charge is 2.31. The number of carboxylic acid groups (broad SMARTS) is 2. The second kappa shape index (κ2) is 11.5. The first kappa shape index (κ1) is 28.0. The van der Waals surface area contributed by atoms with E-state index in [4.69, 9.17) is 5.73 Å². The van der Waals surface area contributed by atoms with Crippen LogP contribution in [0, 0.1) is 0 Å². The van der Waals surface area contributed by atoms with E-state index in [0.29, 0.717) is 30.3 Å². The number of nitrogens with one attached hydrogen (secondary N) is 5. The smallest absolute Gasteiger partial charge is 0.326 e. The number of nitrogens with two attached hydrogens (primary N) is 1. The molecule has 1 amide bonds. The van der Waals surface area contributed by atoms with Crippen LogP contribution in [-0.4, -0.2) is 75.2 Å². The van der Waals surface area contributed by atoms with Gasteiger partial charge in [0.25, 0.3) is 11.5 Å². The zero-order valence-corrected chi connectivity index (χ0v) is 22.5. The Morgan fingerprint density at radius 1 is 1.10 bits per heavy atom. The molecule has 1 aliphatic heterocycles. The van der Waals surface area contributed by atoms with E-state index in [0.717, 1.165) is 16.6 Å². The first-order valence-corrected chi connectivity index (χ1v) is 13.1. The minimum Gasteiger partial charge on any atom is -0.481 e. The van der Waals surface area contributed by atoms with Crippen LogP contribution in [0.2, 0.25) is 0 Å². The molecule has 4 aromatic rings. The quantitative estimate of drug-likeness (QED) is 0.136. The molecule has 3 atom stereocenters. The first-order valence-electron chi connectivity index (χ1n) is 13.1. The van der Waals surface area contributed by atoms with Crippen molar-refractivity contribution in [3.05, 3.63) is 76.2 Å². The van der Waals surface area contributed by atoms with Crippen LogP contribution in [0.5, 0.6) is 0 Å². The average Bonchev–Trinajstić information content (AvgIpc) is 3.39. The summed E-state index contributed by atoms with van der Waals surface area (Å²) in [5, 5.41) is 29.2. The minimum atomic E-state index is -1.44. The van der Waals surface area contributed by atoms with Gasteiger partial charge in [0.2, 0.25) is 5.95 Å². The van der Waals surface area contributed by atoms with Gasteiger partial charge in [-0.05, 0) is 48.2 Å². The van der Waals surface area contributed by atoms with Gasteiger partial charge in [0.05, 0.1) is 12.0 Å². The molecular formula is C28H30N8O6. The van der Waals surface area contributed by atoms with Gasteiger partial charge >= 0.3 is 11.9 Å². The van der Waals surface area contributed by atoms with E-state index in [2.05, 4.69) is 30.9 Å². The minimum absolute atomic E-state index is 0.0262. The Hall–Kier alpha value is -5.53. The summed E-state index contributed by atoms with van der Waals surface area (Å²) >= 11 is 0. The van der Waals surface area contributed by atoms with Gasteiger partial charge in [-0.2, -0.15) is 4.98 Å². The highest BCUT2D eigenvalue weighted by Crippen LogP contribution is 2.26. The fourth-order valence-corrected chi connectivity index (χ4v) is 4.98. The highest BCUT2D eigenvalue weighted by molar-refractivity contribution is 5.97. The van der Waals surface area contributed by atoms with Crippen molar-refractivity contribution >= 4 is 51.9 Å². The molecule has 0 aliphatic carbocycles. The predicted molar refractivity (Wildman–Crippen MR) is 157 cm³/mol. The van der Waals surface area contributed by atoms with Gasteiger partial charge in [0, 0.05) is 42.6 Å². The lowest BCUT2D eigenvalue weighted by atomic mass is 9.96. The van der Waals surface area contributed by atoms with Crippen molar-refractivity contribution in [3.8, 4) is 0 Å². The summed E-state index contributed by atoms with van der Waals surface area (Å²) in [6, 6.07) is 13.9. The Bertz CT molecular complexity index is 1670. The predicted octanol–water partition coefficient (Wildman–Crippen LogP) is 1.62. The molecule has 14 heteroatoms. The molecular weight excluding hydrogens is 544 g/mol. The number of para-hydroxylation sites is 1. The molecule has 0 fully saturated rings. The monoisotopic (exact) mass is 574 g/mol. The number of benzene rings is 2. The van der Waals surface area contributed by atoms with E-state index in [-0.39, 0.29) is 29.5 Å². The van der Waals surface area contributed by atoms with Crippen molar-refractivity contribution in [2.45, 2.75) is 24.4 Å². The number of aliphatic carboxylic acids is 2. The van der Waals surface area contributed by atoms with Crippen LogP contribution in [0.1, 0.15) is 28.4 Å². The summed E-state index contributed by atoms with van der Waals surface area (Å²) in [6.07, 6.45) is -0.347. The van der Waals surface area contributed by atoms with Crippen molar-refractivity contribution in [2.24, 2.45) is 0 Å². The summed E-state index contributed by atoms with van der Waals surface area (Å²) in [5.74, 6) is -3.94. The largest absolute Gasteiger partial charge is 0.481 e. The maximum atomic E-state index is 13.0. The van der Waals surface area contributed by atoms with Gasteiger partial charge in [0.1, 0.15) is 11.7 Å². The van der Waals surface area contributed by atoms with Crippen LogP contribution in [0.4, 0.5) is 23.1 Å². The molecule has 3 heterocycles. The topological polar surface area (TPSA) is 219 Å². The van der Waals surface area contributed by atoms with E-state index >= 15 is 0 Å². The number of hydrogen-bond acceptors (Lipinski definition) is 9. The van der Waals surface area contributed by atoms with Gasteiger partial charge in [-0.25, -0.2) is 4.79 Å². The fraction of sp³-hybridized carbons (Fsp3) is 0.250. The molecule has 2 aromatic heterocycles. The van der Waals surface area contributed by atoms with Crippen LogP contribution < -0.4 is 32.1 Å². The Labute approximate surface area is 239 Å². The standard InChI is InChI=1S/C28H30N8O6/c1-36(13-16-12-30-23-22(31-16)25(38)35-28(29)34-23)17-8-6-14(7-9-17)24(37)33-21(27(41)42)11-18(26(39)40)20-10-15-4-2-3-5-19(15)32-20/h2-10,16,18,21,31-32H,11-13H2,1H3,(H,33,37)(H,39,40)(H,41,42)(H4,29,30,34,35,38)/t16-,18?,21+/m1/s1. The second-order valence-corrected chi connectivity index (χ2v) is 10.1. The number of aromatic nitrogens is 3. The Morgan fingerprint density at radius 3 is 2.52 bits per heavy atom. The van der Waals surface area contributed by atoms with Gasteiger partial charge in [-0.15, -0.1) is 0 Å². The number of anilines is 4. The molecule has 0 saturated heterocycles. The van der Waals surface area contributed by atoms with Crippen LogP contribution in [0.15, 0.2) is 59.4 Å². The third-order valence-electron chi connectivity index (χ3n) is 7.17. The van der Waals surface area contributed by atoms with E-state index in [1.807, 2.05) is 30.1 Å². The number of rotatable bonds is 10. The normalized spacial score (nSPS) is 15.5. The molecule has 218 valence electrons. The lowest BCUT2D eigenvalue weighted by molar-refractivity contribution is -0.141. The Balaban J connectivity index is 1.22. The van der Waals surface area contributed by atoms with E-state index in [1.165, 1.54) is 0 Å². The molecule has 14 nitrogen and oxygen atoms in total. The molecule has 0 radical (unpaired) electrons. The number of carboxylic acids is 2. The van der Waals surface area contributed by atoms with Gasteiger partial charge in [-0.1, -0.05) is 18.2 Å². The van der Waals surface area contributed by atoms with E-state index in [1.54, 1.807) is 36.4 Å². The fourth-order valence-electron chi connectivity index (χ4n) is 4.98. The third kappa shape index (κ3) is 5.96. The van der Waals surface area contributed by atoms with E-state index in [9.17, 15) is 29.4 Å². The number of hydrogen-bond donors (Lipinski definition) is 8. The average molecular weight is 575 g/mol. The number of likely N-dealkylation sites (N-methyl/N-ethyl adjacent to an activating group) is 1. The molecule has 0 bridgehead atoms. The molecule has 9 N–H and O–H groups in total. The van der Waals surface area contributed by atoms with Crippen LogP contribution in [0.25, 0.3) is 10.9 Å². The number of nitrogen functional groups attached to an aromatic ring is 1. The molecule has 5 rings (SSSR count). The number of carbonyl (C=O) groups excluding carboxylic acids is 1. The van der Waals surface area contributed by atoms with Crippen LogP contribution >= 0.6 is 0 Å². The third-order valence-corrected chi connectivity index (χ3v) is 7.17. The number of fused-ring (bicyclic) bond motifs is 2. The molecule has 2 aromatic carbocycles. The maximum Gasteiger partial charge on any atom is 0.326 e. The molecule has 42 heavy (non-hydrogen) atoms. The van der Waals surface area contributed by atoms with Gasteiger partial charge in [-0.3, -0.25) is 19.4 Å². The lowest BCUT2D eigenvalue weighted by Gasteiger charge is -2.31. The number of carbonyl (C=O) groups is 3. The molecule has 0 spiro atoms. The Morgan fingerprint density at radius 2 is 1.83 bits per heavy atom. The number of amides is 1. The van der Waals surface area contributed by atoms with Crippen molar-refractivity contribution in [3.63, 3.8) is 0 Å². The highest BCUT2D eigenvalue weighted by atomic mass is 16.4. The van der Waals surface area contributed by atoms with Crippen molar-refractivity contribution in [1.29, 1.82) is 0 Å². The van der Waals surface area contributed by atoms with Gasteiger partial charge < -0.3 is 41.8 Å². The lowest BCUT2D eigenvalue weighted by Crippen LogP contribution is -2.44. The summed E-state index contributed by atoms with van der Waals surface area (Å²) < 4.78 is 0. The van der Waals surface area contributed by atoms with Crippen molar-refractivity contribution in [1.82, 2.24) is 20.3 Å². The zero-order chi connectivity index (χ0) is 30.0. The summed E-state index contributed by atoms with van der Waals surface area (Å²) in [4.78, 5) is 60.7. The first-order chi connectivity index (χ1) is 20.1. The molecule has 1 aliphatic rings. The van der Waals surface area contributed by atoms with Crippen molar-refractivity contribution in [2.75, 3.05) is 41.4 Å². The van der Waals surface area contributed by atoms with E-state index < -0.39 is 29.8 Å². The maximum absolute atomic E-state index is 13.0. The van der Waals surface area contributed by atoms with Gasteiger partial charge in [0.15, 0.2) is 5.82 Å². The molecule has 0 saturated carbocycles.